The van der Waals surface area contributed by atoms with Crippen LogP contribution in [0.15, 0.2) is 35.5 Å². The Morgan fingerprint density at radius 1 is 1.22 bits per heavy atom. The number of anilines is 1. The summed E-state index contributed by atoms with van der Waals surface area (Å²) < 4.78 is 52.1. The molecule has 0 spiro atoms. The van der Waals surface area contributed by atoms with Gasteiger partial charge in [-0.05, 0) is 39.7 Å². The molecule has 0 atom stereocenters. The second kappa shape index (κ2) is 8.32. The van der Waals surface area contributed by atoms with Gasteiger partial charge in [0.25, 0.3) is 0 Å². The molecular formula is C22H27FN4O4S. The van der Waals surface area contributed by atoms with Gasteiger partial charge >= 0.3 is 0 Å². The summed E-state index contributed by atoms with van der Waals surface area (Å²) in [5.74, 6) is -0.00619. The van der Waals surface area contributed by atoms with E-state index in [2.05, 4.69) is 15.3 Å². The van der Waals surface area contributed by atoms with E-state index in [1.54, 1.807) is 43.5 Å². The molecule has 0 saturated carbocycles. The van der Waals surface area contributed by atoms with Crippen molar-refractivity contribution in [3.8, 4) is 17.0 Å². The maximum Gasteiger partial charge on any atom is 0.215 e. The molecule has 4 heterocycles. The third kappa shape index (κ3) is 4.16. The predicted octanol–water partition coefficient (Wildman–Crippen LogP) is 3.71. The van der Waals surface area contributed by atoms with Gasteiger partial charge in [-0.1, -0.05) is 0 Å². The van der Waals surface area contributed by atoms with Gasteiger partial charge in [0.1, 0.15) is 22.1 Å². The van der Waals surface area contributed by atoms with Gasteiger partial charge in [-0.25, -0.2) is 18.4 Å². The van der Waals surface area contributed by atoms with Gasteiger partial charge < -0.3 is 14.8 Å². The van der Waals surface area contributed by atoms with Crippen LogP contribution in [-0.2, 0) is 14.6 Å². The van der Waals surface area contributed by atoms with Crippen LogP contribution in [0.3, 0.4) is 0 Å². The second-order valence-corrected chi connectivity index (χ2v) is 11.5. The predicted molar refractivity (Wildman–Crippen MR) is 119 cm³/mol. The standard InChI is InChI=1S/C22H27FN4O4S/c1-22(2,3)32(28,29)18-13-27-16(12-24-21(27)11-17(18)30-4)14-9-19(23)26-20(10-14)25-15-5-7-31-8-6-15/h9-13,15H,5-8H2,1-4H3,(H,25,26). The summed E-state index contributed by atoms with van der Waals surface area (Å²) in [6.07, 6.45) is 4.70. The molecule has 3 aromatic rings. The molecule has 172 valence electrons. The molecule has 1 saturated heterocycles. The molecular weight excluding hydrogens is 435 g/mol. The van der Waals surface area contributed by atoms with Gasteiger partial charge in [0.2, 0.25) is 5.95 Å². The van der Waals surface area contributed by atoms with E-state index in [0.29, 0.717) is 35.9 Å². The monoisotopic (exact) mass is 462 g/mol. The molecule has 1 N–H and O–H groups in total. The fraction of sp³-hybridized carbons (Fsp3) is 0.455. The Labute approximate surface area is 186 Å². The van der Waals surface area contributed by atoms with E-state index < -0.39 is 20.5 Å². The largest absolute Gasteiger partial charge is 0.495 e. The maximum atomic E-state index is 14.4. The number of rotatable bonds is 5. The van der Waals surface area contributed by atoms with Gasteiger partial charge in [-0.15, -0.1) is 0 Å². The van der Waals surface area contributed by atoms with Crippen LogP contribution in [0.5, 0.6) is 5.75 Å². The molecule has 0 unspecified atom stereocenters. The van der Waals surface area contributed by atoms with Crippen LogP contribution in [0.25, 0.3) is 16.9 Å². The molecule has 3 aromatic heterocycles. The molecule has 0 radical (unpaired) electrons. The summed E-state index contributed by atoms with van der Waals surface area (Å²) in [5.41, 5.74) is 1.56. The van der Waals surface area contributed by atoms with Crippen LogP contribution >= 0.6 is 0 Å². The van der Waals surface area contributed by atoms with Crippen molar-refractivity contribution in [3.05, 3.63) is 36.5 Å². The molecule has 8 nitrogen and oxygen atoms in total. The normalized spacial score (nSPS) is 15.8. The van der Waals surface area contributed by atoms with Crippen molar-refractivity contribution in [3.63, 3.8) is 0 Å². The number of pyridine rings is 2. The SMILES string of the molecule is COc1cc2ncc(-c3cc(F)nc(NC4CCOCC4)c3)n2cc1S(=O)(=O)C(C)(C)C. The minimum atomic E-state index is -3.71. The van der Waals surface area contributed by atoms with Crippen LogP contribution in [0.4, 0.5) is 10.2 Å². The van der Waals surface area contributed by atoms with E-state index in [-0.39, 0.29) is 16.7 Å². The van der Waals surface area contributed by atoms with Gasteiger partial charge in [-0.2, -0.15) is 4.39 Å². The molecule has 0 amide bonds. The fourth-order valence-electron chi connectivity index (χ4n) is 3.66. The Balaban J connectivity index is 1.81. The average Bonchev–Trinajstić information content (AvgIpc) is 3.15. The topological polar surface area (TPSA) is 94.8 Å². The number of aromatic nitrogens is 3. The number of imidazole rings is 1. The second-order valence-electron chi connectivity index (χ2n) is 8.79. The van der Waals surface area contributed by atoms with Crippen molar-refractivity contribution in [2.45, 2.75) is 49.3 Å². The van der Waals surface area contributed by atoms with Crippen molar-refractivity contribution < 1.29 is 22.3 Å². The van der Waals surface area contributed by atoms with Gasteiger partial charge in [0, 0.05) is 43.1 Å². The maximum absolute atomic E-state index is 14.4. The summed E-state index contributed by atoms with van der Waals surface area (Å²) in [4.78, 5) is 8.39. The molecule has 0 aliphatic carbocycles. The third-order valence-electron chi connectivity index (χ3n) is 5.55. The first-order valence-corrected chi connectivity index (χ1v) is 11.9. The smallest absolute Gasteiger partial charge is 0.215 e. The summed E-state index contributed by atoms with van der Waals surface area (Å²) in [7, 11) is -2.29. The summed E-state index contributed by atoms with van der Waals surface area (Å²) in [6.45, 7) is 6.20. The highest BCUT2D eigenvalue weighted by Crippen LogP contribution is 2.34. The average molecular weight is 463 g/mol. The Morgan fingerprint density at radius 3 is 2.59 bits per heavy atom. The summed E-state index contributed by atoms with van der Waals surface area (Å²) >= 11 is 0. The zero-order chi connectivity index (χ0) is 23.1. The van der Waals surface area contributed by atoms with E-state index >= 15 is 0 Å². The number of nitrogens with zero attached hydrogens (tertiary/aromatic N) is 3. The first-order valence-electron chi connectivity index (χ1n) is 10.4. The quantitative estimate of drug-likeness (QED) is 0.578. The van der Waals surface area contributed by atoms with E-state index in [1.165, 1.54) is 19.4 Å². The van der Waals surface area contributed by atoms with Crippen LogP contribution in [0.2, 0.25) is 0 Å². The fourth-order valence-corrected chi connectivity index (χ4v) is 4.97. The van der Waals surface area contributed by atoms with Gasteiger partial charge in [0.15, 0.2) is 9.84 Å². The molecule has 4 rings (SSSR count). The molecule has 10 heteroatoms. The Morgan fingerprint density at radius 2 is 1.94 bits per heavy atom. The third-order valence-corrected chi connectivity index (χ3v) is 8.05. The molecule has 0 bridgehead atoms. The Kier molecular flexibility index (Phi) is 5.85. The Hall–Kier alpha value is -2.72. The number of sulfone groups is 1. The van der Waals surface area contributed by atoms with E-state index in [1.807, 2.05) is 0 Å². The molecule has 1 aliphatic rings. The Bertz CT molecular complexity index is 1240. The molecule has 0 aromatic carbocycles. The van der Waals surface area contributed by atoms with Crippen LogP contribution in [-0.4, -0.2) is 53.9 Å². The number of fused-ring (bicyclic) bond motifs is 1. The number of halogens is 1. The first kappa shape index (κ1) is 22.5. The zero-order valence-corrected chi connectivity index (χ0v) is 19.4. The first-order chi connectivity index (χ1) is 15.1. The van der Waals surface area contributed by atoms with Crippen molar-refractivity contribution >= 4 is 21.3 Å². The molecule has 32 heavy (non-hydrogen) atoms. The molecule has 1 aliphatic heterocycles. The van der Waals surface area contributed by atoms with E-state index in [4.69, 9.17) is 9.47 Å². The van der Waals surface area contributed by atoms with Crippen LogP contribution in [0, 0.1) is 5.95 Å². The number of nitrogens with one attached hydrogen (secondary N) is 1. The number of hydrogen-bond donors (Lipinski definition) is 1. The lowest BCUT2D eigenvalue weighted by Gasteiger charge is -2.23. The lowest BCUT2D eigenvalue weighted by atomic mass is 10.1. The molecule has 1 fully saturated rings. The van der Waals surface area contributed by atoms with Crippen molar-refractivity contribution in [1.29, 1.82) is 0 Å². The zero-order valence-electron chi connectivity index (χ0n) is 18.6. The lowest BCUT2D eigenvalue weighted by Crippen LogP contribution is -2.28. The number of hydrogen-bond acceptors (Lipinski definition) is 7. The highest BCUT2D eigenvalue weighted by molar-refractivity contribution is 7.92. The number of methoxy groups -OCH3 is 1. The highest BCUT2D eigenvalue weighted by Gasteiger charge is 2.34. The van der Waals surface area contributed by atoms with E-state index in [9.17, 15) is 12.8 Å². The van der Waals surface area contributed by atoms with Crippen LogP contribution < -0.4 is 10.1 Å². The highest BCUT2D eigenvalue weighted by atomic mass is 32.2. The van der Waals surface area contributed by atoms with Crippen molar-refractivity contribution in [2.24, 2.45) is 0 Å². The summed E-state index contributed by atoms with van der Waals surface area (Å²) in [5, 5.41) is 3.27. The van der Waals surface area contributed by atoms with Gasteiger partial charge in [0.05, 0.1) is 23.7 Å². The van der Waals surface area contributed by atoms with Crippen molar-refractivity contribution in [1.82, 2.24) is 14.4 Å². The van der Waals surface area contributed by atoms with E-state index in [0.717, 1.165) is 12.8 Å². The van der Waals surface area contributed by atoms with Crippen molar-refractivity contribution in [2.75, 3.05) is 25.6 Å². The minimum absolute atomic E-state index is 0.0503. The van der Waals surface area contributed by atoms with Gasteiger partial charge in [-0.3, -0.25) is 4.40 Å². The van der Waals surface area contributed by atoms with Crippen LogP contribution in [0.1, 0.15) is 33.6 Å². The lowest BCUT2D eigenvalue weighted by molar-refractivity contribution is 0.0904. The number of ether oxygens (including phenoxy) is 2. The minimum Gasteiger partial charge on any atom is -0.495 e. The summed E-state index contributed by atoms with van der Waals surface area (Å²) in [6, 6.07) is 4.77.